The van der Waals surface area contributed by atoms with E-state index in [4.69, 9.17) is 0 Å². The van der Waals surface area contributed by atoms with Gasteiger partial charge in [0.05, 0.1) is 12.5 Å². The van der Waals surface area contributed by atoms with Crippen molar-refractivity contribution in [3.8, 4) is 0 Å². The molecule has 0 amide bonds. The monoisotopic (exact) mass is 300 g/mol. The molecule has 1 aromatic heterocycles. The molecule has 20 heavy (non-hydrogen) atoms. The molecule has 1 aromatic rings. The molecule has 1 heterocycles. The molecule has 0 aromatic carbocycles. The number of nitrogens with zero attached hydrogens (tertiary/aromatic N) is 2. The molecule has 0 saturated carbocycles. The Morgan fingerprint density at radius 1 is 1.50 bits per heavy atom. The Labute approximate surface area is 121 Å². The highest BCUT2D eigenvalue weighted by molar-refractivity contribution is 7.88. The second-order valence-electron chi connectivity index (χ2n) is 6.25. The van der Waals surface area contributed by atoms with Crippen LogP contribution < -0.4 is 10.0 Å². The maximum Gasteiger partial charge on any atom is 0.209 e. The van der Waals surface area contributed by atoms with E-state index in [2.05, 4.69) is 15.1 Å². The summed E-state index contributed by atoms with van der Waals surface area (Å²) in [5.74, 6) is 0. The molecule has 114 valence electrons. The van der Waals surface area contributed by atoms with E-state index in [-0.39, 0.29) is 6.04 Å². The van der Waals surface area contributed by atoms with Gasteiger partial charge in [0.2, 0.25) is 10.0 Å². The highest BCUT2D eigenvalue weighted by Gasteiger charge is 2.27. The fourth-order valence-corrected chi connectivity index (χ4v) is 3.91. The van der Waals surface area contributed by atoms with Gasteiger partial charge < -0.3 is 5.32 Å². The summed E-state index contributed by atoms with van der Waals surface area (Å²) in [5, 5.41) is 7.79. The van der Waals surface area contributed by atoms with Gasteiger partial charge in [-0.2, -0.15) is 5.10 Å². The Kier molecular flexibility index (Phi) is 4.22. The maximum absolute atomic E-state index is 11.3. The van der Waals surface area contributed by atoms with Crippen LogP contribution in [0.4, 0.5) is 0 Å². The molecule has 0 bridgehead atoms. The molecule has 0 fully saturated rings. The first-order chi connectivity index (χ1) is 9.18. The fraction of sp³-hybridized carbons (Fsp3) is 0.769. The van der Waals surface area contributed by atoms with Crippen molar-refractivity contribution in [2.24, 2.45) is 7.05 Å². The van der Waals surface area contributed by atoms with Gasteiger partial charge in [-0.1, -0.05) is 0 Å². The van der Waals surface area contributed by atoms with Crippen LogP contribution in [0.1, 0.15) is 44.0 Å². The van der Waals surface area contributed by atoms with Crippen LogP contribution in [0.15, 0.2) is 6.20 Å². The van der Waals surface area contributed by atoms with E-state index in [1.165, 1.54) is 17.5 Å². The number of nitrogens with one attached hydrogen (secondary N) is 2. The van der Waals surface area contributed by atoms with Crippen molar-refractivity contribution >= 4 is 10.0 Å². The number of hydrogen-bond acceptors (Lipinski definition) is 4. The smallest absolute Gasteiger partial charge is 0.209 e. The SMILES string of the molecule is Cn1ncc2c1CCCC2NCC(C)(C)NS(C)(=O)=O. The molecule has 6 nitrogen and oxygen atoms in total. The summed E-state index contributed by atoms with van der Waals surface area (Å²) in [4.78, 5) is 0. The van der Waals surface area contributed by atoms with Crippen LogP contribution in [0.25, 0.3) is 0 Å². The van der Waals surface area contributed by atoms with Crippen molar-refractivity contribution in [2.75, 3.05) is 12.8 Å². The maximum atomic E-state index is 11.3. The molecule has 0 saturated heterocycles. The van der Waals surface area contributed by atoms with Gasteiger partial charge in [0.15, 0.2) is 0 Å². The van der Waals surface area contributed by atoms with E-state index >= 15 is 0 Å². The summed E-state index contributed by atoms with van der Waals surface area (Å²) in [7, 11) is -1.23. The third kappa shape index (κ3) is 3.80. The van der Waals surface area contributed by atoms with Gasteiger partial charge in [0.25, 0.3) is 0 Å². The second kappa shape index (κ2) is 5.46. The first kappa shape index (κ1) is 15.5. The molecule has 1 unspecified atom stereocenters. The largest absolute Gasteiger partial charge is 0.308 e. The van der Waals surface area contributed by atoms with Crippen LogP contribution in [0.2, 0.25) is 0 Å². The van der Waals surface area contributed by atoms with Crippen molar-refractivity contribution in [3.05, 3.63) is 17.5 Å². The van der Waals surface area contributed by atoms with E-state index in [0.29, 0.717) is 6.54 Å². The molecule has 1 aliphatic carbocycles. The predicted octanol–water partition coefficient (Wildman–Crippen LogP) is 0.715. The van der Waals surface area contributed by atoms with E-state index in [1.807, 2.05) is 31.8 Å². The second-order valence-corrected chi connectivity index (χ2v) is 8.00. The van der Waals surface area contributed by atoms with Crippen LogP contribution in [-0.4, -0.2) is 36.5 Å². The molecule has 0 aliphatic heterocycles. The summed E-state index contributed by atoms with van der Waals surface area (Å²) in [5.41, 5.74) is 2.02. The van der Waals surface area contributed by atoms with Gasteiger partial charge in [-0.3, -0.25) is 4.68 Å². The molecule has 2 rings (SSSR count). The zero-order valence-corrected chi connectivity index (χ0v) is 13.4. The van der Waals surface area contributed by atoms with Crippen LogP contribution in [0.5, 0.6) is 0 Å². The van der Waals surface area contributed by atoms with E-state index in [0.717, 1.165) is 19.3 Å². The molecule has 1 aliphatic rings. The van der Waals surface area contributed by atoms with Gasteiger partial charge in [0.1, 0.15) is 0 Å². The lowest BCUT2D eigenvalue weighted by molar-refractivity contribution is 0.368. The first-order valence-electron chi connectivity index (χ1n) is 6.91. The first-order valence-corrected chi connectivity index (χ1v) is 8.80. The average molecular weight is 300 g/mol. The molecule has 2 N–H and O–H groups in total. The van der Waals surface area contributed by atoms with Crippen LogP contribution in [0, 0.1) is 0 Å². The van der Waals surface area contributed by atoms with E-state index < -0.39 is 15.6 Å². The minimum absolute atomic E-state index is 0.257. The molecule has 0 spiro atoms. The number of rotatable bonds is 5. The Morgan fingerprint density at radius 3 is 2.85 bits per heavy atom. The lowest BCUT2D eigenvalue weighted by atomic mass is 9.92. The number of aromatic nitrogens is 2. The van der Waals surface area contributed by atoms with Crippen LogP contribution >= 0.6 is 0 Å². The summed E-state index contributed by atoms with van der Waals surface area (Å²) < 4.78 is 27.3. The summed E-state index contributed by atoms with van der Waals surface area (Å²) in [6, 6.07) is 0.257. The third-order valence-corrected chi connectivity index (χ3v) is 4.55. The molecule has 0 radical (unpaired) electrons. The normalized spacial score (nSPS) is 19.9. The van der Waals surface area contributed by atoms with Gasteiger partial charge in [0, 0.05) is 36.4 Å². The highest BCUT2D eigenvalue weighted by atomic mass is 32.2. The summed E-state index contributed by atoms with van der Waals surface area (Å²) >= 11 is 0. The van der Waals surface area contributed by atoms with Gasteiger partial charge >= 0.3 is 0 Å². The number of fused-ring (bicyclic) bond motifs is 1. The minimum atomic E-state index is -3.20. The highest BCUT2D eigenvalue weighted by Crippen LogP contribution is 2.29. The number of sulfonamides is 1. The summed E-state index contributed by atoms with van der Waals surface area (Å²) in [6.45, 7) is 4.35. The average Bonchev–Trinajstić information content (AvgIpc) is 2.66. The molecular weight excluding hydrogens is 276 g/mol. The zero-order valence-electron chi connectivity index (χ0n) is 12.6. The predicted molar refractivity (Wildman–Crippen MR) is 78.9 cm³/mol. The fourth-order valence-electron chi connectivity index (χ4n) is 2.83. The Balaban J connectivity index is 2.02. The van der Waals surface area contributed by atoms with Crippen LogP contribution in [-0.2, 0) is 23.5 Å². The van der Waals surface area contributed by atoms with Gasteiger partial charge in [-0.15, -0.1) is 0 Å². The topological polar surface area (TPSA) is 76.0 Å². The minimum Gasteiger partial charge on any atom is -0.308 e. The standard InChI is InChI=1S/C13H24N4O2S/c1-13(2,16-20(4,18)19)9-14-11-6-5-7-12-10(11)8-15-17(12)3/h8,11,14,16H,5-7,9H2,1-4H3. The third-order valence-electron chi connectivity index (χ3n) is 3.63. The Bertz CT molecular complexity index is 577. The van der Waals surface area contributed by atoms with Crippen molar-refractivity contribution in [1.82, 2.24) is 19.8 Å². The lowest BCUT2D eigenvalue weighted by Gasteiger charge is -2.30. The number of hydrogen-bond donors (Lipinski definition) is 2. The van der Waals surface area contributed by atoms with Crippen LogP contribution in [0.3, 0.4) is 0 Å². The van der Waals surface area contributed by atoms with Gasteiger partial charge in [-0.25, -0.2) is 13.1 Å². The Morgan fingerprint density at radius 2 is 2.20 bits per heavy atom. The van der Waals surface area contributed by atoms with E-state index in [9.17, 15) is 8.42 Å². The summed E-state index contributed by atoms with van der Waals surface area (Å²) in [6.07, 6.45) is 6.37. The van der Waals surface area contributed by atoms with Crippen molar-refractivity contribution in [1.29, 1.82) is 0 Å². The molecule has 7 heteroatoms. The Hall–Kier alpha value is -0.920. The lowest BCUT2D eigenvalue weighted by Crippen LogP contribution is -2.50. The number of aryl methyl sites for hydroxylation is 1. The molecular formula is C13H24N4O2S. The quantitative estimate of drug-likeness (QED) is 0.840. The van der Waals surface area contributed by atoms with E-state index in [1.54, 1.807) is 0 Å². The zero-order chi connectivity index (χ0) is 15.0. The van der Waals surface area contributed by atoms with Crippen molar-refractivity contribution < 1.29 is 8.42 Å². The molecule has 1 atom stereocenters. The van der Waals surface area contributed by atoms with Gasteiger partial charge in [-0.05, 0) is 33.1 Å². The van der Waals surface area contributed by atoms with Crippen molar-refractivity contribution in [2.45, 2.75) is 44.7 Å². The van der Waals surface area contributed by atoms with Crippen molar-refractivity contribution in [3.63, 3.8) is 0 Å².